The molecule has 250 valence electrons. The Morgan fingerprint density at radius 3 is 2.58 bits per heavy atom. The zero-order valence-corrected chi connectivity index (χ0v) is 27.9. The minimum absolute atomic E-state index is 0.0390. The number of likely N-dealkylation sites (tertiary alicyclic amines) is 2. The maximum atomic E-state index is 14.3. The van der Waals surface area contributed by atoms with E-state index in [9.17, 15) is 18.0 Å². The van der Waals surface area contributed by atoms with Crippen LogP contribution in [0.3, 0.4) is 0 Å². The number of nitrogens with zero attached hydrogens (tertiary/aromatic N) is 4. The Balaban J connectivity index is 1.40. The summed E-state index contributed by atoms with van der Waals surface area (Å²) in [6.07, 6.45) is 4.05. The highest BCUT2D eigenvalue weighted by Crippen LogP contribution is 2.41. The first kappa shape index (κ1) is 34.9. The van der Waals surface area contributed by atoms with Gasteiger partial charge in [-0.1, -0.05) is 39.7 Å². The van der Waals surface area contributed by atoms with Crippen molar-refractivity contribution in [3.05, 3.63) is 47.3 Å². The van der Waals surface area contributed by atoms with Crippen LogP contribution in [-0.4, -0.2) is 80.6 Å². The van der Waals surface area contributed by atoms with Crippen molar-refractivity contribution in [1.29, 1.82) is 0 Å². The van der Waals surface area contributed by atoms with E-state index in [2.05, 4.69) is 58.5 Å². The average Bonchev–Trinajstić information content (AvgIpc) is 2.94. The minimum atomic E-state index is -4.58. The molecule has 3 saturated heterocycles. The van der Waals surface area contributed by atoms with Crippen LogP contribution in [0.25, 0.3) is 0 Å². The first-order chi connectivity index (χ1) is 21.4. The quantitative estimate of drug-likeness (QED) is 0.113. The molecule has 1 aromatic carbocycles. The number of rotatable bonds is 12. The molecule has 1 aromatic rings. The van der Waals surface area contributed by atoms with Crippen molar-refractivity contribution in [3.8, 4) is 0 Å². The zero-order valence-electron chi connectivity index (χ0n) is 27.9. The van der Waals surface area contributed by atoms with Crippen LogP contribution in [0, 0.1) is 11.3 Å². The molecule has 3 aliphatic rings. The predicted molar refractivity (Wildman–Crippen MR) is 179 cm³/mol. The Hall–Kier alpha value is -3.01. The van der Waals surface area contributed by atoms with Gasteiger partial charge in [0.15, 0.2) is 0 Å². The van der Waals surface area contributed by atoms with Gasteiger partial charge in [-0.15, -0.1) is 0 Å². The molecule has 3 heterocycles. The number of unbranched alkanes of at least 4 members (excludes halogenated alkanes) is 1. The van der Waals surface area contributed by atoms with Gasteiger partial charge in [0.2, 0.25) is 5.91 Å². The van der Waals surface area contributed by atoms with Crippen LogP contribution < -0.4 is 15.5 Å². The number of benzene rings is 1. The molecule has 1 spiro atoms. The molecular weight excluding hydrogens is 577 g/mol. The van der Waals surface area contributed by atoms with Gasteiger partial charge >= 0.3 is 6.18 Å². The van der Waals surface area contributed by atoms with Crippen molar-refractivity contribution < 1.29 is 18.0 Å². The number of hydrogen-bond acceptors (Lipinski definition) is 5. The fourth-order valence-electron chi connectivity index (χ4n) is 6.82. The molecule has 3 fully saturated rings. The summed E-state index contributed by atoms with van der Waals surface area (Å²) in [5, 5.41) is 6.26. The van der Waals surface area contributed by atoms with E-state index in [1.54, 1.807) is 13.0 Å². The standard InChI is InChI=1S/C35H53F3N6O/c1-6-8-12-32(39-17-10-18-43-19-16-26(3)11-9-13-33(43)45)30(35(36,37)38)21-40-27(4)41-31-15-14-29(20-28(31)7-2)44-24-34(25-44)22-42(5)23-34/h12,14-15,20-21,26,39H,6-11,13,16-19,22-25H2,1-5H3,(H,40,41)/b30-21+,32-12-. The van der Waals surface area contributed by atoms with E-state index in [1.165, 1.54) is 5.69 Å². The van der Waals surface area contributed by atoms with Gasteiger partial charge in [-0.25, -0.2) is 4.99 Å². The normalized spacial score (nSPS) is 21.7. The topological polar surface area (TPSA) is 63.2 Å². The molecular formula is C35H53F3N6O. The lowest BCUT2D eigenvalue weighted by Gasteiger charge is -2.60. The van der Waals surface area contributed by atoms with Gasteiger partial charge in [-0.3, -0.25) is 4.79 Å². The molecule has 4 rings (SSSR count). The van der Waals surface area contributed by atoms with Crippen LogP contribution in [-0.2, 0) is 11.2 Å². The number of anilines is 2. The van der Waals surface area contributed by atoms with E-state index >= 15 is 0 Å². The van der Waals surface area contributed by atoms with E-state index in [4.69, 9.17) is 0 Å². The molecule has 0 aromatic heterocycles. The summed E-state index contributed by atoms with van der Waals surface area (Å²) < 4.78 is 43.0. The Labute approximate surface area is 268 Å². The molecule has 2 N–H and O–H groups in total. The van der Waals surface area contributed by atoms with Gasteiger partial charge < -0.3 is 25.3 Å². The van der Waals surface area contributed by atoms with Crippen molar-refractivity contribution in [2.75, 3.05) is 63.1 Å². The number of hydrogen-bond donors (Lipinski definition) is 2. The average molecular weight is 631 g/mol. The Morgan fingerprint density at radius 2 is 1.91 bits per heavy atom. The third-order valence-corrected chi connectivity index (χ3v) is 9.29. The largest absolute Gasteiger partial charge is 0.419 e. The second-order valence-electron chi connectivity index (χ2n) is 13.5. The summed E-state index contributed by atoms with van der Waals surface area (Å²) in [5.41, 5.74) is 2.83. The van der Waals surface area contributed by atoms with Gasteiger partial charge in [0.1, 0.15) is 5.84 Å². The van der Waals surface area contributed by atoms with Gasteiger partial charge in [-0.2, -0.15) is 13.2 Å². The maximum absolute atomic E-state index is 14.3. The van der Waals surface area contributed by atoms with E-state index < -0.39 is 11.7 Å². The van der Waals surface area contributed by atoms with Crippen molar-refractivity contribution in [2.24, 2.45) is 16.3 Å². The van der Waals surface area contributed by atoms with Crippen molar-refractivity contribution >= 4 is 23.1 Å². The van der Waals surface area contributed by atoms with E-state index in [-0.39, 0.29) is 11.6 Å². The third kappa shape index (κ3) is 9.50. The molecule has 1 unspecified atom stereocenters. The summed E-state index contributed by atoms with van der Waals surface area (Å²) >= 11 is 0. The predicted octanol–water partition coefficient (Wildman–Crippen LogP) is 6.98. The summed E-state index contributed by atoms with van der Waals surface area (Å²) in [6.45, 7) is 13.9. The summed E-state index contributed by atoms with van der Waals surface area (Å²) in [5.74, 6) is 1.12. The van der Waals surface area contributed by atoms with Crippen molar-refractivity contribution in [1.82, 2.24) is 15.1 Å². The fourth-order valence-corrected chi connectivity index (χ4v) is 6.82. The number of aliphatic imine (C=N–C) groups is 1. The van der Waals surface area contributed by atoms with Crippen LogP contribution in [0.5, 0.6) is 0 Å². The number of amidine groups is 1. The SMILES string of the molecule is CCC/C=C(NCCCN1CCC(C)CCCC1=O)/C(=C\N=C(C)Nc1ccc(N2CC3(CN(C)C3)C2)cc1CC)C(F)(F)F. The number of alkyl halides is 3. The molecule has 3 aliphatic heterocycles. The van der Waals surface area contributed by atoms with E-state index in [0.29, 0.717) is 56.1 Å². The molecule has 0 bridgehead atoms. The molecule has 7 nitrogen and oxygen atoms in total. The van der Waals surface area contributed by atoms with Gasteiger partial charge in [0, 0.05) is 80.9 Å². The summed E-state index contributed by atoms with van der Waals surface area (Å²) in [4.78, 5) is 23.4. The maximum Gasteiger partial charge on any atom is 0.419 e. The van der Waals surface area contributed by atoms with Crippen LogP contribution in [0.2, 0.25) is 0 Å². The van der Waals surface area contributed by atoms with E-state index in [1.807, 2.05) is 17.9 Å². The number of allylic oxidation sites excluding steroid dienone is 2. The molecule has 0 saturated carbocycles. The first-order valence-corrected chi connectivity index (χ1v) is 16.8. The molecule has 0 aliphatic carbocycles. The number of halogens is 3. The van der Waals surface area contributed by atoms with Crippen molar-refractivity contribution in [2.45, 2.75) is 85.2 Å². The minimum Gasteiger partial charge on any atom is -0.385 e. The number of nitrogens with one attached hydrogen (secondary N) is 2. The zero-order chi connectivity index (χ0) is 32.6. The van der Waals surface area contributed by atoms with Crippen LogP contribution in [0.15, 0.2) is 46.7 Å². The summed E-state index contributed by atoms with van der Waals surface area (Å²) in [7, 11) is 2.16. The van der Waals surface area contributed by atoms with Crippen LogP contribution >= 0.6 is 0 Å². The highest BCUT2D eigenvalue weighted by Gasteiger charge is 2.50. The molecule has 1 atom stereocenters. The lowest BCUT2D eigenvalue weighted by molar-refractivity contribution is -0.132. The number of amides is 1. The molecule has 10 heteroatoms. The smallest absolute Gasteiger partial charge is 0.385 e. The van der Waals surface area contributed by atoms with Crippen LogP contribution in [0.4, 0.5) is 24.5 Å². The van der Waals surface area contributed by atoms with Gasteiger partial charge in [-0.05, 0) is 75.8 Å². The Kier molecular flexibility index (Phi) is 12.0. The number of carbonyl (C=O) groups is 1. The second kappa shape index (κ2) is 15.5. The second-order valence-corrected chi connectivity index (χ2v) is 13.5. The first-order valence-electron chi connectivity index (χ1n) is 16.8. The van der Waals surface area contributed by atoms with Gasteiger partial charge in [0.05, 0.1) is 5.57 Å². The summed E-state index contributed by atoms with van der Waals surface area (Å²) in [6, 6.07) is 6.27. The monoisotopic (exact) mass is 630 g/mol. The van der Waals surface area contributed by atoms with Crippen molar-refractivity contribution in [3.63, 3.8) is 0 Å². The fraction of sp³-hybridized carbons (Fsp3) is 0.657. The lowest BCUT2D eigenvalue weighted by atomic mass is 9.73. The van der Waals surface area contributed by atoms with Crippen LogP contribution in [0.1, 0.15) is 78.2 Å². The number of carbonyl (C=O) groups excluding carboxylic acids is 1. The molecule has 1 amide bonds. The lowest BCUT2D eigenvalue weighted by Crippen LogP contribution is -2.71. The number of aryl methyl sites for hydroxylation is 1. The molecule has 0 radical (unpaired) electrons. The highest BCUT2D eigenvalue weighted by molar-refractivity contribution is 5.95. The van der Waals surface area contributed by atoms with E-state index in [0.717, 1.165) is 75.7 Å². The third-order valence-electron chi connectivity index (χ3n) is 9.29. The molecule has 45 heavy (non-hydrogen) atoms. The Bertz CT molecular complexity index is 1240. The Morgan fingerprint density at radius 1 is 1.16 bits per heavy atom. The highest BCUT2D eigenvalue weighted by atomic mass is 19.4. The van der Waals surface area contributed by atoms with Gasteiger partial charge in [0.25, 0.3) is 0 Å².